The summed E-state index contributed by atoms with van der Waals surface area (Å²) in [6, 6.07) is 0. The van der Waals surface area contributed by atoms with Gasteiger partial charge in [-0.05, 0) is 10.8 Å². The van der Waals surface area contributed by atoms with Crippen molar-refractivity contribution in [1.29, 1.82) is 0 Å². The quantitative estimate of drug-likeness (QED) is 0.342. The predicted octanol–water partition coefficient (Wildman–Crippen LogP) is 2.58. The molecule has 1 rings (SSSR count). The zero-order chi connectivity index (χ0) is 5.11. The second-order valence-corrected chi connectivity index (χ2v) is 4.80. The van der Waals surface area contributed by atoms with Crippen LogP contribution < -0.4 is 0 Å². The normalized spacial score (nSPS) is 19.9. The second kappa shape index (κ2) is 3.12. The van der Waals surface area contributed by atoms with E-state index in [1.54, 1.807) is 20.6 Å². The van der Waals surface area contributed by atoms with Crippen LogP contribution in [-0.4, -0.2) is 10.9 Å². The van der Waals surface area contributed by atoms with E-state index in [0.29, 0.717) is 5.88 Å². The molecule has 0 N–H and O–H groups in total. The Hall–Kier alpha value is 1.01. The summed E-state index contributed by atoms with van der Waals surface area (Å²) in [4.78, 5) is 0. The van der Waals surface area contributed by atoms with Crippen molar-refractivity contribution in [3.05, 3.63) is 0 Å². The molecular formula is C2H2ClNS3. The van der Waals surface area contributed by atoms with Gasteiger partial charge in [-0.25, -0.2) is 0 Å². The Bertz CT molecular complexity index is 92.9. The number of halogens is 1. The van der Waals surface area contributed by atoms with Gasteiger partial charge < -0.3 is 0 Å². The molecule has 0 fully saturated rings. The third-order valence-electron chi connectivity index (χ3n) is 0.414. The van der Waals surface area contributed by atoms with Crippen molar-refractivity contribution in [2.75, 3.05) is 5.88 Å². The van der Waals surface area contributed by atoms with Crippen LogP contribution in [0.15, 0.2) is 4.40 Å². The predicted molar refractivity (Wildman–Crippen MR) is 40.9 cm³/mol. The molecule has 1 nitrogen and oxygen atoms in total. The smallest absolute Gasteiger partial charge is 0.109 e. The summed E-state index contributed by atoms with van der Waals surface area (Å²) in [6.45, 7) is 0. The van der Waals surface area contributed by atoms with Gasteiger partial charge in [0.15, 0.2) is 0 Å². The lowest BCUT2D eigenvalue weighted by Gasteiger charge is -1.80. The average Bonchev–Trinajstić information content (AvgIpc) is 2.14. The number of hydrogen-bond donors (Lipinski definition) is 0. The molecule has 0 unspecified atom stereocenters. The van der Waals surface area contributed by atoms with Crippen LogP contribution in [-0.2, 0) is 0 Å². The Labute approximate surface area is 58.6 Å². The molecule has 0 atom stereocenters. The van der Waals surface area contributed by atoms with Crippen molar-refractivity contribution in [1.82, 2.24) is 0 Å². The fourth-order valence-corrected chi connectivity index (χ4v) is 3.76. The van der Waals surface area contributed by atoms with E-state index in [-0.39, 0.29) is 0 Å². The van der Waals surface area contributed by atoms with Crippen molar-refractivity contribution in [2.45, 2.75) is 0 Å². The second-order valence-electron chi connectivity index (χ2n) is 0.845. The van der Waals surface area contributed by atoms with Crippen molar-refractivity contribution in [3.63, 3.8) is 0 Å². The summed E-state index contributed by atoms with van der Waals surface area (Å²) in [6.07, 6.45) is 0. The molecule has 5 heteroatoms. The first-order valence-corrected chi connectivity index (χ1v) is 5.54. The van der Waals surface area contributed by atoms with E-state index in [4.69, 9.17) is 11.6 Å². The summed E-state index contributed by atoms with van der Waals surface area (Å²) < 4.78 is 3.98. The highest BCUT2D eigenvalue weighted by atomic mass is 35.5. The number of hydrogen-bond acceptors (Lipinski definition) is 4. The van der Waals surface area contributed by atoms with E-state index < -0.39 is 0 Å². The van der Waals surface area contributed by atoms with Gasteiger partial charge in [-0.1, -0.05) is 0 Å². The highest BCUT2D eigenvalue weighted by Crippen LogP contribution is 2.43. The van der Waals surface area contributed by atoms with Crippen LogP contribution in [0.1, 0.15) is 0 Å². The van der Waals surface area contributed by atoms with Crippen LogP contribution in [0.3, 0.4) is 0 Å². The molecule has 0 saturated carbocycles. The lowest BCUT2D eigenvalue weighted by atomic mass is 10.9. The molecule has 1 heterocycles. The van der Waals surface area contributed by atoms with Gasteiger partial charge in [-0.2, -0.15) is 4.40 Å². The van der Waals surface area contributed by atoms with Crippen molar-refractivity contribution in [2.24, 2.45) is 4.40 Å². The van der Waals surface area contributed by atoms with E-state index in [0.717, 1.165) is 5.04 Å². The van der Waals surface area contributed by atoms with E-state index in [1.807, 2.05) is 0 Å². The molecule has 0 saturated heterocycles. The van der Waals surface area contributed by atoms with Gasteiger partial charge in [0.05, 0.1) is 16.9 Å². The Balaban J connectivity index is 2.36. The van der Waals surface area contributed by atoms with Crippen molar-refractivity contribution in [3.8, 4) is 0 Å². The third-order valence-corrected chi connectivity index (χ3v) is 4.14. The third kappa shape index (κ3) is 1.76. The zero-order valence-electron chi connectivity index (χ0n) is 3.26. The SMILES string of the molecule is ClCC1=NSSS1. The van der Waals surface area contributed by atoms with Crippen LogP contribution in [0.25, 0.3) is 0 Å². The van der Waals surface area contributed by atoms with E-state index in [9.17, 15) is 0 Å². The topological polar surface area (TPSA) is 12.4 Å². The molecule has 7 heavy (non-hydrogen) atoms. The summed E-state index contributed by atoms with van der Waals surface area (Å²) in [5.41, 5.74) is 0. The van der Waals surface area contributed by atoms with Gasteiger partial charge in [0.2, 0.25) is 0 Å². The maximum absolute atomic E-state index is 5.43. The Morgan fingerprint density at radius 3 is 2.86 bits per heavy atom. The molecule has 0 aliphatic carbocycles. The number of nitrogens with zero attached hydrogens (tertiary/aromatic N) is 1. The van der Waals surface area contributed by atoms with Gasteiger partial charge in [-0.15, -0.1) is 11.6 Å². The first-order chi connectivity index (χ1) is 3.43. The molecule has 40 valence electrons. The first kappa shape index (κ1) is 6.13. The highest BCUT2D eigenvalue weighted by Gasteiger charge is 2.05. The van der Waals surface area contributed by atoms with Crippen LogP contribution in [0, 0.1) is 0 Å². The fourth-order valence-electron chi connectivity index (χ4n) is 0.173. The maximum atomic E-state index is 5.43. The molecule has 1 aliphatic rings. The molecule has 0 aromatic rings. The van der Waals surface area contributed by atoms with Crippen LogP contribution in [0.4, 0.5) is 0 Å². The summed E-state index contributed by atoms with van der Waals surface area (Å²) >= 11 is 5.43. The van der Waals surface area contributed by atoms with Gasteiger partial charge in [0.1, 0.15) is 5.04 Å². The lowest BCUT2D eigenvalue weighted by Crippen LogP contribution is -1.83. The summed E-state index contributed by atoms with van der Waals surface area (Å²) in [7, 11) is 4.78. The Morgan fingerprint density at radius 2 is 2.57 bits per heavy atom. The van der Waals surface area contributed by atoms with Gasteiger partial charge in [0.25, 0.3) is 0 Å². The van der Waals surface area contributed by atoms with E-state index in [2.05, 4.69) is 4.40 Å². The minimum absolute atomic E-state index is 0.560. The minimum atomic E-state index is 0.560. The molecule has 1 aliphatic heterocycles. The van der Waals surface area contributed by atoms with Gasteiger partial charge in [0, 0.05) is 9.83 Å². The maximum Gasteiger partial charge on any atom is 0.109 e. The van der Waals surface area contributed by atoms with Crippen LogP contribution >= 0.6 is 43.2 Å². The number of alkyl halides is 1. The standard InChI is InChI=1S/C2H2ClNS3/c3-1-2-4-6-7-5-2/h1H2. The first-order valence-electron chi connectivity index (χ1n) is 1.56. The zero-order valence-corrected chi connectivity index (χ0v) is 6.46. The largest absolute Gasteiger partial charge is 0.200 e. The molecule has 0 radical (unpaired) electrons. The van der Waals surface area contributed by atoms with Crippen molar-refractivity contribution >= 4 is 48.2 Å². The highest BCUT2D eigenvalue weighted by molar-refractivity contribution is 9.13. The lowest BCUT2D eigenvalue weighted by molar-refractivity contribution is 1.88. The average molecular weight is 172 g/mol. The monoisotopic (exact) mass is 171 g/mol. The van der Waals surface area contributed by atoms with Gasteiger partial charge in [-0.3, -0.25) is 0 Å². The molecule has 0 aromatic carbocycles. The minimum Gasteiger partial charge on any atom is -0.200 e. The summed E-state index contributed by atoms with van der Waals surface area (Å²) in [5.74, 6) is 0.560. The summed E-state index contributed by atoms with van der Waals surface area (Å²) in [5, 5.41) is 1.02. The molecular weight excluding hydrogens is 170 g/mol. The molecule has 0 amide bonds. The van der Waals surface area contributed by atoms with Crippen LogP contribution in [0.2, 0.25) is 0 Å². The Morgan fingerprint density at radius 1 is 1.71 bits per heavy atom. The van der Waals surface area contributed by atoms with Crippen LogP contribution in [0.5, 0.6) is 0 Å². The van der Waals surface area contributed by atoms with E-state index >= 15 is 0 Å². The number of rotatable bonds is 1. The van der Waals surface area contributed by atoms with Gasteiger partial charge >= 0.3 is 0 Å². The fraction of sp³-hybridized carbons (Fsp3) is 0.500. The molecule has 0 spiro atoms. The van der Waals surface area contributed by atoms with E-state index in [1.165, 1.54) is 11.0 Å². The molecule has 0 aromatic heterocycles. The molecule has 0 bridgehead atoms. The van der Waals surface area contributed by atoms with Crippen molar-refractivity contribution < 1.29 is 0 Å². The Kier molecular flexibility index (Phi) is 2.73.